The van der Waals surface area contributed by atoms with Crippen molar-refractivity contribution < 1.29 is 19.7 Å². The summed E-state index contributed by atoms with van der Waals surface area (Å²) in [4.78, 5) is 10.3. The molecule has 0 aromatic carbocycles. The summed E-state index contributed by atoms with van der Waals surface area (Å²) in [6.45, 7) is 2.22. The minimum absolute atomic E-state index is 0.184. The summed E-state index contributed by atoms with van der Waals surface area (Å²) in [5.41, 5.74) is 0. The summed E-state index contributed by atoms with van der Waals surface area (Å²) in [5.74, 6) is -2.29. The van der Waals surface area contributed by atoms with Gasteiger partial charge in [0.2, 0.25) is 5.79 Å². The van der Waals surface area contributed by atoms with Crippen molar-refractivity contribution in [2.24, 2.45) is 0 Å². The molecule has 0 aliphatic carbocycles. The molecule has 2 N–H and O–H groups in total. The number of carbonyl (C=O) groups excluding carboxylic acids is 1. The van der Waals surface area contributed by atoms with Crippen LogP contribution in [0.3, 0.4) is 0 Å². The van der Waals surface area contributed by atoms with E-state index in [1.54, 1.807) is 6.92 Å². The van der Waals surface area contributed by atoms with Gasteiger partial charge in [0, 0.05) is 13.3 Å². The SMILES string of the molecule is CCC(O)(CO)OC(C)=O. The molecule has 1 unspecified atom stereocenters. The maximum absolute atomic E-state index is 10.3. The molecule has 0 saturated heterocycles. The Morgan fingerprint density at radius 3 is 2.30 bits per heavy atom. The number of rotatable bonds is 3. The maximum atomic E-state index is 10.3. The Morgan fingerprint density at radius 1 is 1.70 bits per heavy atom. The first kappa shape index (κ1) is 9.39. The van der Waals surface area contributed by atoms with Crippen molar-refractivity contribution in [3.63, 3.8) is 0 Å². The van der Waals surface area contributed by atoms with Gasteiger partial charge < -0.3 is 14.9 Å². The molecule has 0 fully saturated rings. The maximum Gasteiger partial charge on any atom is 0.305 e. The lowest BCUT2D eigenvalue weighted by molar-refractivity contribution is -0.221. The Balaban J connectivity index is 3.92. The fourth-order valence-electron chi connectivity index (χ4n) is 0.484. The van der Waals surface area contributed by atoms with Crippen LogP contribution in [0.25, 0.3) is 0 Å². The lowest BCUT2D eigenvalue weighted by Crippen LogP contribution is -2.37. The van der Waals surface area contributed by atoms with Gasteiger partial charge in [0.15, 0.2) is 0 Å². The Labute approximate surface area is 59.4 Å². The van der Waals surface area contributed by atoms with E-state index in [4.69, 9.17) is 10.2 Å². The van der Waals surface area contributed by atoms with Gasteiger partial charge in [-0.2, -0.15) is 0 Å². The van der Waals surface area contributed by atoms with Crippen LogP contribution in [0.5, 0.6) is 0 Å². The minimum atomic E-state index is -1.69. The van der Waals surface area contributed by atoms with Gasteiger partial charge >= 0.3 is 5.97 Å². The number of ether oxygens (including phenoxy) is 1. The highest BCUT2D eigenvalue weighted by atomic mass is 16.7. The Morgan fingerprint density at radius 2 is 2.20 bits per heavy atom. The van der Waals surface area contributed by atoms with Crippen molar-refractivity contribution in [1.82, 2.24) is 0 Å². The van der Waals surface area contributed by atoms with Crippen LogP contribution in [0, 0.1) is 0 Å². The average Bonchev–Trinajstić information content (AvgIpc) is 1.87. The molecule has 4 heteroatoms. The topological polar surface area (TPSA) is 66.8 Å². The van der Waals surface area contributed by atoms with E-state index < -0.39 is 18.4 Å². The molecule has 0 aliphatic heterocycles. The van der Waals surface area contributed by atoms with Gasteiger partial charge in [-0.3, -0.25) is 4.79 Å². The minimum Gasteiger partial charge on any atom is -0.431 e. The molecule has 4 nitrogen and oxygen atoms in total. The molecule has 0 spiro atoms. The van der Waals surface area contributed by atoms with Gasteiger partial charge in [-0.1, -0.05) is 6.92 Å². The first-order valence-electron chi connectivity index (χ1n) is 3.07. The first-order valence-corrected chi connectivity index (χ1v) is 3.07. The van der Waals surface area contributed by atoms with E-state index in [1.807, 2.05) is 0 Å². The predicted molar refractivity (Wildman–Crippen MR) is 34.1 cm³/mol. The molecule has 0 aliphatic rings. The van der Waals surface area contributed by atoms with Gasteiger partial charge in [0.05, 0.1) is 0 Å². The summed E-state index contributed by atoms with van der Waals surface area (Å²) >= 11 is 0. The van der Waals surface area contributed by atoms with E-state index in [1.165, 1.54) is 6.92 Å². The second kappa shape index (κ2) is 3.53. The van der Waals surface area contributed by atoms with Gasteiger partial charge in [0.1, 0.15) is 6.61 Å². The predicted octanol–water partition coefficient (Wildman–Crippen LogP) is -0.360. The van der Waals surface area contributed by atoms with Gasteiger partial charge in [-0.25, -0.2) is 0 Å². The summed E-state index contributed by atoms with van der Waals surface area (Å²) < 4.78 is 4.40. The fraction of sp³-hybridized carbons (Fsp3) is 0.833. The van der Waals surface area contributed by atoms with Crippen LogP contribution < -0.4 is 0 Å². The molecule has 1 atom stereocenters. The molecule has 0 aromatic rings. The van der Waals surface area contributed by atoms with Gasteiger partial charge in [-0.15, -0.1) is 0 Å². The van der Waals surface area contributed by atoms with Crippen molar-refractivity contribution in [2.75, 3.05) is 6.61 Å². The highest BCUT2D eigenvalue weighted by molar-refractivity contribution is 5.66. The molecule has 0 aromatic heterocycles. The monoisotopic (exact) mass is 148 g/mol. The second-order valence-electron chi connectivity index (χ2n) is 2.05. The molecular formula is C6H12O4. The molecule has 10 heavy (non-hydrogen) atoms. The Hall–Kier alpha value is -0.610. The summed E-state index contributed by atoms with van der Waals surface area (Å²) in [7, 11) is 0. The summed E-state index contributed by atoms with van der Waals surface area (Å²) in [5, 5.41) is 17.6. The highest BCUT2D eigenvalue weighted by Crippen LogP contribution is 2.10. The molecule has 0 bridgehead atoms. The Kier molecular flexibility index (Phi) is 3.32. The lowest BCUT2D eigenvalue weighted by atomic mass is 10.2. The van der Waals surface area contributed by atoms with Crippen LogP contribution in [0.4, 0.5) is 0 Å². The zero-order chi connectivity index (χ0) is 8.20. The largest absolute Gasteiger partial charge is 0.431 e. The van der Waals surface area contributed by atoms with Gasteiger partial charge in [-0.05, 0) is 0 Å². The fourth-order valence-corrected chi connectivity index (χ4v) is 0.484. The number of carbonyl (C=O) groups is 1. The number of hydrogen-bond donors (Lipinski definition) is 2. The zero-order valence-electron chi connectivity index (χ0n) is 6.13. The van der Waals surface area contributed by atoms with Crippen LogP contribution in [-0.4, -0.2) is 28.6 Å². The third-order valence-corrected chi connectivity index (χ3v) is 1.13. The standard InChI is InChI=1S/C6H12O4/c1-3-6(9,4-7)10-5(2)8/h7,9H,3-4H2,1-2H3. The summed E-state index contributed by atoms with van der Waals surface area (Å²) in [6, 6.07) is 0. The molecule has 0 rings (SSSR count). The second-order valence-corrected chi connectivity index (χ2v) is 2.05. The van der Waals surface area contributed by atoms with E-state index in [0.29, 0.717) is 0 Å². The smallest absolute Gasteiger partial charge is 0.305 e. The van der Waals surface area contributed by atoms with Crippen LogP contribution in [0.2, 0.25) is 0 Å². The number of esters is 1. The van der Waals surface area contributed by atoms with E-state index in [0.717, 1.165) is 0 Å². The van der Waals surface area contributed by atoms with Crippen molar-refractivity contribution >= 4 is 5.97 Å². The van der Waals surface area contributed by atoms with Crippen LogP contribution in [0.1, 0.15) is 20.3 Å². The van der Waals surface area contributed by atoms with Crippen molar-refractivity contribution in [3.05, 3.63) is 0 Å². The zero-order valence-corrected chi connectivity index (χ0v) is 6.13. The van der Waals surface area contributed by atoms with Crippen molar-refractivity contribution in [1.29, 1.82) is 0 Å². The van der Waals surface area contributed by atoms with Crippen molar-refractivity contribution in [2.45, 2.75) is 26.1 Å². The molecule has 0 amide bonds. The van der Waals surface area contributed by atoms with E-state index in [2.05, 4.69) is 4.74 Å². The van der Waals surface area contributed by atoms with E-state index >= 15 is 0 Å². The van der Waals surface area contributed by atoms with Crippen LogP contribution in [-0.2, 0) is 9.53 Å². The molecule has 0 radical (unpaired) electrons. The highest BCUT2D eigenvalue weighted by Gasteiger charge is 2.26. The molecular weight excluding hydrogens is 136 g/mol. The first-order chi connectivity index (χ1) is 4.54. The number of aliphatic hydroxyl groups is 2. The number of hydrogen-bond acceptors (Lipinski definition) is 4. The quantitative estimate of drug-likeness (QED) is 0.423. The van der Waals surface area contributed by atoms with Crippen LogP contribution >= 0.6 is 0 Å². The van der Waals surface area contributed by atoms with Crippen molar-refractivity contribution in [3.8, 4) is 0 Å². The molecule has 0 heterocycles. The van der Waals surface area contributed by atoms with Gasteiger partial charge in [0.25, 0.3) is 0 Å². The van der Waals surface area contributed by atoms with E-state index in [9.17, 15) is 4.79 Å². The third kappa shape index (κ3) is 2.80. The van der Waals surface area contributed by atoms with Crippen LogP contribution in [0.15, 0.2) is 0 Å². The number of aliphatic hydroxyl groups excluding tert-OH is 1. The Bertz CT molecular complexity index is 117. The average molecular weight is 148 g/mol. The molecule has 60 valence electrons. The van der Waals surface area contributed by atoms with E-state index in [-0.39, 0.29) is 6.42 Å². The normalized spacial score (nSPS) is 16.0. The third-order valence-electron chi connectivity index (χ3n) is 1.13. The molecule has 0 saturated carbocycles. The summed E-state index contributed by atoms with van der Waals surface area (Å²) in [6.07, 6.45) is 0.184. The lowest BCUT2D eigenvalue weighted by Gasteiger charge is -2.22.